The Bertz CT molecular complexity index is 272. The molecule has 0 saturated heterocycles. The van der Waals surface area contributed by atoms with Crippen LogP contribution in [-0.2, 0) is 9.59 Å². The lowest BCUT2D eigenvalue weighted by atomic mass is 9.92. The molecule has 1 aliphatic rings. The fourth-order valence-electron chi connectivity index (χ4n) is 2.56. The highest BCUT2D eigenvalue weighted by molar-refractivity contribution is 5.81. The number of aliphatic carboxylic acids is 1. The summed E-state index contributed by atoms with van der Waals surface area (Å²) in [6.45, 7) is 3.96. The number of carbonyl (C=O) groups excluding carboxylic acids is 1. The van der Waals surface area contributed by atoms with Crippen molar-refractivity contribution in [2.45, 2.75) is 64.5 Å². The van der Waals surface area contributed by atoms with Gasteiger partial charge in [0.25, 0.3) is 0 Å². The molecule has 0 aromatic rings. The van der Waals surface area contributed by atoms with Crippen LogP contribution in [-0.4, -0.2) is 40.4 Å². The van der Waals surface area contributed by atoms with Gasteiger partial charge in [-0.25, -0.2) is 0 Å². The van der Waals surface area contributed by atoms with E-state index in [2.05, 4.69) is 4.90 Å². The van der Waals surface area contributed by atoms with E-state index in [0.29, 0.717) is 12.6 Å². The third-order valence-electron chi connectivity index (χ3n) is 3.71. The number of nitrogens with zero attached hydrogens (tertiary/aromatic N) is 1. The molecule has 1 fully saturated rings. The first-order valence-corrected chi connectivity index (χ1v) is 6.50. The van der Waals surface area contributed by atoms with E-state index in [4.69, 9.17) is 5.11 Å². The zero-order valence-corrected chi connectivity index (χ0v) is 10.8. The van der Waals surface area contributed by atoms with Crippen LogP contribution in [0.3, 0.4) is 0 Å². The Labute approximate surface area is 103 Å². The molecular weight excluding hydrogens is 218 g/mol. The molecule has 0 spiro atoms. The Balaban J connectivity index is 2.62. The van der Waals surface area contributed by atoms with E-state index in [-0.39, 0.29) is 18.2 Å². The van der Waals surface area contributed by atoms with E-state index in [1.165, 1.54) is 19.3 Å². The summed E-state index contributed by atoms with van der Waals surface area (Å²) in [5.74, 6) is -0.664. The Hall–Kier alpha value is -0.900. The highest BCUT2D eigenvalue weighted by Crippen LogP contribution is 2.24. The average Bonchev–Trinajstić information content (AvgIpc) is 2.30. The highest BCUT2D eigenvalue weighted by Gasteiger charge is 2.27. The SMILES string of the molecule is CC(=O)C(C)N(CCC(=O)O)C1CCCCC1. The molecule has 4 heteroatoms. The van der Waals surface area contributed by atoms with E-state index in [9.17, 15) is 9.59 Å². The van der Waals surface area contributed by atoms with E-state index >= 15 is 0 Å². The number of ketones is 1. The lowest BCUT2D eigenvalue weighted by Crippen LogP contribution is -2.46. The Morgan fingerprint density at radius 1 is 1.29 bits per heavy atom. The number of Topliss-reactive ketones (excluding diaryl/α,β-unsaturated/α-hetero) is 1. The first kappa shape index (κ1) is 14.2. The van der Waals surface area contributed by atoms with Crippen molar-refractivity contribution in [3.05, 3.63) is 0 Å². The van der Waals surface area contributed by atoms with Crippen LogP contribution in [0.1, 0.15) is 52.4 Å². The minimum atomic E-state index is -0.790. The second-order valence-electron chi connectivity index (χ2n) is 4.96. The van der Waals surface area contributed by atoms with Gasteiger partial charge in [-0.1, -0.05) is 19.3 Å². The van der Waals surface area contributed by atoms with Crippen LogP contribution in [0.5, 0.6) is 0 Å². The van der Waals surface area contributed by atoms with Gasteiger partial charge in [0.1, 0.15) is 5.78 Å². The van der Waals surface area contributed by atoms with Crippen LogP contribution in [0.4, 0.5) is 0 Å². The van der Waals surface area contributed by atoms with Gasteiger partial charge in [0.15, 0.2) is 0 Å². The van der Waals surface area contributed by atoms with Crippen LogP contribution < -0.4 is 0 Å². The molecule has 0 heterocycles. The summed E-state index contributed by atoms with van der Waals surface area (Å²) in [4.78, 5) is 24.2. The van der Waals surface area contributed by atoms with Gasteiger partial charge >= 0.3 is 5.97 Å². The zero-order chi connectivity index (χ0) is 12.8. The quantitative estimate of drug-likeness (QED) is 0.773. The minimum absolute atomic E-state index is 0.119. The normalized spacial score (nSPS) is 19.2. The molecule has 1 aliphatic carbocycles. The lowest BCUT2D eigenvalue weighted by molar-refractivity contribution is -0.138. The monoisotopic (exact) mass is 241 g/mol. The highest BCUT2D eigenvalue weighted by atomic mass is 16.4. The Morgan fingerprint density at radius 3 is 2.35 bits per heavy atom. The second-order valence-corrected chi connectivity index (χ2v) is 4.96. The van der Waals surface area contributed by atoms with Crippen molar-refractivity contribution in [3.8, 4) is 0 Å². The molecule has 0 aromatic heterocycles. The summed E-state index contributed by atoms with van der Waals surface area (Å²) < 4.78 is 0. The lowest BCUT2D eigenvalue weighted by Gasteiger charge is -2.37. The molecule has 1 saturated carbocycles. The van der Waals surface area contributed by atoms with Crippen molar-refractivity contribution >= 4 is 11.8 Å². The standard InChI is InChI=1S/C13H23NO3/c1-10(11(2)15)14(9-8-13(16)17)12-6-4-3-5-7-12/h10,12H,3-9H2,1-2H3,(H,16,17). The van der Waals surface area contributed by atoms with E-state index < -0.39 is 5.97 Å². The zero-order valence-electron chi connectivity index (χ0n) is 10.8. The first-order chi connectivity index (χ1) is 8.02. The van der Waals surface area contributed by atoms with Crippen molar-refractivity contribution in [1.29, 1.82) is 0 Å². The molecule has 17 heavy (non-hydrogen) atoms. The van der Waals surface area contributed by atoms with Crippen molar-refractivity contribution in [2.24, 2.45) is 0 Å². The molecular formula is C13H23NO3. The molecule has 1 unspecified atom stereocenters. The predicted molar refractivity (Wildman–Crippen MR) is 66.0 cm³/mol. The summed E-state index contributed by atoms with van der Waals surface area (Å²) in [6, 6.07) is 0.236. The molecule has 1 rings (SSSR count). The van der Waals surface area contributed by atoms with E-state index in [0.717, 1.165) is 12.8 Å². The van der Waals surface area contributed by atoms with Gasteiger partial charge < -0.3 is 5.11 Å². The summed E-state index contributed by atoms with van der Waals surface area (Å²) in [6.07, 6.45) is 5.96. The van der Waals surface area contributed by atoms with E-state index in [1.807, 2.05) is 6.92 Å². The van der Waals surface area contributed by atoms with Crippen LogP contribution in [0.2, 0.25) is 0 Å². The summed E-state index contributed by atoms with van der Waals surface area (Å²) in [5, 5.41) is 8.77. The molecule has 1 atom stereocenters. The van der Waals surface area contributed by atoms with Crippen molar-refractivity contribution in [1.82, 2.24) is 4.90 Å². The first-order valence-electron chi connectivity index (χ1n) is 6.50. The molecule has 0 radical (unpaired) electrons. The number of carboxylic acid groups (broad SMARTS) is 1. The molecule has 0 aliphatic heterocycles. The number of carboxylic acids is 1. The van der Waals surface area contributed by atoms with Gasteiger partial charge in [-0.2, -0.15) is 0 Å². The third kappa shape index (κ3) is 4.46. The fourth-order valence-corrected chi connectivity index (χ4v) is 2.56. The van der Waals surface area contributed by atoms with Gasteiger partial charge in [-0.15, -0.1) is 0 Å². The second kappa shape index (κ2) is 6.74. The van der Waals surface area contributed by atoms with Crippen molar-refractivity contribution in [2.75, 3.05) is 6.54 Å². The average molecular weight is 241 g/mol. The van der Waals surface area contributed by atoms with Crippen LogP contribution in [0, 0.1) is 0 Å². The summed E-state index contributed by atoms with van der Waals surface area (Å²) >= 11 is 0. The molecule has 98 valence electrons. The predicted octanol–water partition coefficient (Wildman–Crippen LogP) is 2.07. The molecule has 0 bridgehead atoms. The van der Waals surface area contributed by atoms with Crippen molar-refractivity contribution < 1.29 is 14.7 Å². The topological polar surface area (TPSA) is 57.6 Å². The van der Waals surface area contributed by atoms with Gasteiger partial charge in [0, 0.05) is 12.6 Å². The Morgan fingerprint density at radius 2 is 1.88 bits per heavy atom. The Kier molecular flexibility index (Phi) is 5.62. The van der Waals surface area contributed by atoms with Gasteiger partial charge in [-0.05, 0) is 26.7 Å². The number of carbonyl (C=O) groups is 2. The minimum Gasteiger partial charge on any atom is -0.481 e. The van der Waals surface area contributed by atoms with Gasteiger partial charge in [0.2, 0.25) is 0 Å². The number of rotatable bonds is 6. The maximum absolute atomic E-state index is 11.5. The number of hydrogen-bond acceptors (Lipinski definition) is 3. The smallest absolute Gasteiger partial charge is 0.304 e. The van der Waals surface area contributed by atoms with Gasteiger partial charge in [-0.3, -0.25) is 14.5 Å². The number of hydrogen-bond donors (Lipinski definition) is 1. The van der Waals surface area contributed by atoms with Crippen molar-refractivity contribution in [3.63, 3.8) is 0 Å². The fraction of sp³-hybridized carbons (Fsp3) is 0.846. The van der Waals surface area contributed by atoms with Crippen LogP contribution in [0.25, 0.3) is 0 Å². The third-order valence-corrected chi connectivity index (χ3v) is 3.71. The van der Waals surface area contributed by atoms with Crippen LogP contribution >= 0.6 is 0 Å². The van der Waals surface area contributed by atoms with E-state index in [1.54, 1.807) is 6.92 Å². The maximum Gasteiger partial charge on any atom is 0.304 e. The van der Waals surface area contributed by atoms with Gasteiger partial charge in [0.05, 0.1) is 12.5 Å². The molecule has 4 nitrogen and oxygen atoms in total. The molecule has 1 N–H and O–H groups in total. The molecule has 0 amide bonds. The van der Waals surface area contributed by atoms with Crippen LogP contribution in [0.15, 0.2) is 0 Å². The molecule has 0 aromatic carbocycles. The summed E-state index contributed by atoms with van der Waals surface area (Å²) in [5.41, 5.74) is 0. The summed E-state index contributed by atoms with van der Waals surface area (Å²) in [7, 11) is 0. The maximum atomic E-state index is 11.5. The largest absolute Gasteiger partial charge is 0.481 e.